The van der Waals surface area contributed by atoms with Gasteiger partial charge in [-0.25, -0.2) is 0 Å². The van der Waals surface area contributed by atoms with Crippen molar-refractivity contribution in [3.63, 3.8) is 0 Å². The van der Waals surface area contributed by atoms with E-state index in [2.05, 4.69) is 26.9 Å². The fourth-order valence-electron chi connectivity index (χ4n) is 2.60. The number of carbonyl (C=O) groups excluding carboxylic acids is 1. The summed E-state index contributed by atoms with van der Waals surface area (Å²) in [5.41, 5.74) is 2.95. The highest BCUT2D eigenvalue weighted by atomic mass is 16.1. The summed E-state index contributed by atoms with van der Waals surface area (Å²) in [5, 5.41) is 10.0. The Balaban J connectivity index is 1.58. The molecule has 0 bridgehead atoms. The Kier molecular flexibility index (Phi) is 3.99. The van der Waals surface area contributed by atoms with Crippen molar-refractivity contribution >= 4 is 11.7 Å². The van der Waals surface area contributed by atoms with Crippen molar-refractivity contribution in [1.29, 1.82) is 0 Å². The van der Waals surface area contributed by atoms with Gasteiger partial charge in [0.05, 0.1) is 6.42 Å². The molecule has 1 radical (unpaired) electrons. The van der Waals surface area contributed by atoms with E-state index in [-0.39, 0.29) is 12.3 Å². The van der Waals surface area contributed by atoms with Gasteiger partial charge in [-0.15, -0.1) is 0 Å². The number of anilines is 1. The maximum absolute atomic E-state index is 12.0. The number of pyridine rings is 1. The van der Waals surface area contributed by atoms with E-state index in [9.17, 15) is 4.79 Å². The highest BCUT2D eigenvalue weighted by Gasteiger charge is 2.19. The Hall–Kier alpha value is -2.17. The van der Waals surface area contributed by atoms with Gasteiger partial charge in [0.2, 0.25) is 5.91 Å². The molecule has 1 fully saturated rings. The molecule has 2 aromatic rings. The molecule has 1 aliphatic rings. The first-order chi connectivity index (χ1) is 10.2. The summed E-state index contributed by atoms with van der Waals surface area (Å²) in [4.78, 5) is 16.2. The number of rotatable bonds is 4. The summed E-state index contributed by atoms with van der Waals surface area (Å²) in [5.74, 6) is 1.01. The summed E-state index contributed by atoms with van der Waals surface area (Å²) >= 11 is 0. The Morgan fingerprint density at radius 2 is 2.38 bits per heavy atom. The van der Waals surface area contributed by atoms with E-state index >= 15 is 0 Å². The van der Waals surface area contributed by atoms with Gasteiger partial charge in [-0.3, -0.25) is 14.9 Å². The van der Waals surface area contributed by atoms with Crippen molar-refractivity contribution in [2.75, 3.05) is 5.32 Å². The molecule has 2 aromatic heterocycles. The third-order valence-electron chi connectivity index (χ3n) is 3.79. The van der Waals surface area contributed by atoms with Crippen LogP contribution < -0.4 is 5.32 Å². The molecule has 3 rings (SSSR count). The number of aromatic amines is 1. The van der Waals surface area contributed by atoms with Crippen LogP contribution in [0.25, 0.3) is 0 Å². The maximum atomic E-state index is 12.0. The summed E-state index contributed by atoms with van der Waals surface area (Å²) < 4.78 is 0. The summed E-state index contributed by atoms with van der Waals surface area (Å²) in [6.07, 6.45) is 7.73. The topological polar surface area (TPSA) is 70.7 Å². The summed E-state index contributed by atoms with van der Waals surface area (Å²) in [6, 6.07) is 5.77. The summed E-state index contributed by atoms with van der Waals surface area (Å²) in [7, 11) is 0. The number of H-pyrrole nitrogens is 1. The van der Waals surface area contributed by atoms with Gasteiger partial charge >= 0.3 is 0 Å². The zero-order chi connectivity index (χ0) is 14.7. The van der Waals surface area contributed by atoms with E-state index in [0.717, 1.165) is 36.2 Å². The van der Waals surface area contributed by atoms with E-state index < -0.39 is 0 Å². The Bertz CT molecular complexity index is 611. The van der Waals surface area contributed by atoms with Gasteiger partial charge in [0.1, 0.15) is 0 Å². The molecule has 1 aliphatic carbocycles. The van der Waals surface area contributed by atoms with Crippen molar-refractivity contribution in [2.24, 2.45) is 0 Å². The predicted octanol–water partition coefficient (Wildman–Crippen LogP) is 2.77. The van der Waals surface area contributed by atoms with Crippen molar-refractivity contribution < 1.29 is 4.79 Å². The number of hydrogen-bond donors (Lipinski definition) is 2. The second-order valence-electron chi connectivity index (χ2n) is 5.56. The first kappa shape index (κ1) is 13.8. The molecule has 0 saturated heterocycles. The highest BCUT2D eigenvalue weighted by Crippen LogP contribution is 2.32. The van der Waals surface area contributed by atoms with Gasteiger partial charge in [0.15, 0.2) is 5.82 Å². The molecule has 2 N–H and O–H groups in total. The molecular weight excluding hydrogens is 264 g/mol. The average molecular weight is 283 g/mol. The molecule has 1 saturated carbocycles. The van der Waals surface area contributed by atoms with Crippen molar-refractivity contribution in [3.05, 3.63) is 47.8 Å². The standard InChI is InChI=1S/C16H19N4O/c1-11-6-7-13(17-10-11)8-16(21)18-15-9-14(19-20-15)12-4-2-3-5-12/h2,6-7,9-10,12H,3-5,8H2,1H3,(H2,18,19,20,21)/t12-/m0/s1. The summed E-state index contributed by atoms with van der Waals surface area (Å²) in [6.45, 7) is 1.97. The van der Waals surface area contributed by atoms with Gasteiger partial charge in [-0.05, 0) is 44.2 Å². The Labute approximate surface area is 124 Å². The molecule has 0 aliphatic heterocycles. The predicted molar refractivity (Wildman–Crippen MR) is 80.8 cm³/mol. The first-order valence-electron chi connectivity index (χ1n) is 7.29. The van der Waals surface area contributed by atoms with Crippen LogP contribution in [-0.4, -0.2) is 21.1 Å². The lowest BCUT2D eigenvalue weighted by molar-refractivity contribution is -0.115. The minimum absolute atomic E-state index is 0.0950. The fourth-order valence-corrected chi connectivity index (χ4v) is 2.60. The van der Waals surface area contributed by atoms with Gasteiger partial charge in [0.25, 0.3) is 0 Å². The highest BCUT2D eigenvalue weighted by molar-refractivity contribution is 5.91. The molecule has 5 heteroatoms. The molecule has 1 atom stereocenters. The lowest BCUT2D eigenvalue weighted by Crippen LogP contribution is -2.15. The van der Waals surface area contributed by atoms with Crippen molar-refractivity contribution in [3.8, 4) is 0 Å². The molecular formula is C16H19N4O. The number of aromatic nitrogens is 3. The minimum Gasteiger partial charge on any atom is -0.309 e. The van der Waals surface area contributed by atoms with E-state index in [1.54, 1.807) is 6.20 Å². The zero-order valence-corrected chi connectivity index (χ0v) is 12.1. The van der Waals surface area contributed by atoms with Crippen LogP contribution in [-0.2, 0) is 11.2 Å². The zero-order valence-electron chi connectivity index (χ0n) is 12.1. The number of amides is 1. The van der Waals surface area contributed by atoms with Crippen LogP contribution in [0.2, 0.25) is 0 Å². The molecule has 0 spiro atoms. The Morgan fingerprint density at radius 1 is 1.48 bits per heavy atom. The van der Waals surface area contributed by atoms with E-state index in [1.807, 2.05) is 25.1 Å². The molecule has 109 valence electrons. The minimum atomic E-state index is -0.0950. The number of aryl methyl sites for hydroxylation is 1. The molecule has 21 heavy (non-hydrogen) atoms. The number of carbonyl (C=O) groups is 1. The second kappa shape index (κ2) is 6.08. The van der Waals surface area contributed by atoms with Gasteiger partial charge in [0, 0.05) is 29.6 Å². The monoisotopic (exact) mass is 283 g/mol. The number of nitrogens with zero attached hydrogens (tertiary/aromatic N) is 2. The van der Waals surface area contributed by atoms with Gasteiger partial charge < -0.3 is 5.32 Å². The van der Waals surface area contributed by atoms with E-state index in [1.165, 1.54) is 0 Å². The van der Waals surface area contributed by atoms with Crippen LogP contribution in [0.5, 0.6) is 0 Å². The van der Waals surface area contributed by atoms with Crippen molar-refractivity contribution in [2.45, 2.75) is 38.5 Å². The molecule has 1 amide bonds. The van der Waals surface area contributed by atoms with Gasteiger partial charge in [-0.2, -0.15) is 5.10 Å². The van der Waals surface area contributed by atoms with Gasteiger partial charge in [-0.1, -0.05) is 6.07 Å². The van der Waals surface area contributed by atoms with Crippen molar-refractivity contribution in [1.82, 2.24) is 15.2 Å². The van der Waals surface area contributed by atoms with Crippen LogP contribution in [0.4, 0.5) is 5.82 Å². The third-order valence-corrected chi connectivity index (χ3v) is 3.79. The van der Waals surface area contributed by atoms with Crippen LogP contribution >= 0.6 is 0 Å². The average Bonchev–Trinajstić information content (AvgIpc) is 3.12. The first-order valence-corrected chi connectivity index (χ1v) is 7.29. The molecule has 0 unspecified atom stereocenters. The second-order valence-corrected chi connectivity index (χ2v) is 5.56. The number of hydrogen-bond acceptors (Lipinski definition) is 3. The lowest BCUT2D eigenvalue weighted by Gasteiger charge is -2.03. The van der Waals surface area contributed by atoms with Crippen LogP contribution in [0, 0.1) is 13.3 Å². The van der Waals surface area contributed by atoms with E-state index in [4.69, 9.17) is 0 Å². The lowest BCUT2D eigenvalue weighted by atomic mass is 10.0. The largest absolute Gasteiger partial charge is 0.309 e. The smallest absolute Gasteiger partial charge is 0.231 e. The SMILES string of the molecule is Cc1ccc(CC(=O)Nc2cc([C@H]3C[CH]CC3)[nH]n2)nc1. The van der Waals surface area contributed by atoms with E-state index in [0.29, 0.717) is 11.7 Å². The fraction of sp³-hybridized carbons (Fsp3) is 0.375. The van der Waals surface area contributed by atoms with Crippen LogP contribution in [0.1, 0.15) is 42.1 Å². The molecule has 0 aromatic carbocycles. The van der Waals surface area contributed by atoms with Crippen LogP contribution in [0.3, 0.4) is 0 Å². The Morgan fingerprint density at radius 3 is 3.10 bits per heavy atom. The van der Waals surface area contributed by atoms with Crippen LogP contribution in [0.15, 0.2) is 24.4 Å². The normalized spacial score (nSPS) is 15.3. The maximum Gasteiger partial charge on any atom is 0.231 e. The quantitative estimate of drug-likeness (QED) is 0.906. The third kappa shape index (κ3) is 3.48. The number of nitrogens with one attached hydrogen (secondary N) is 2. The molecule has 2 heterocycles. The molecule has 5 nitrogen and oxygen atoms in total.